The van der Waals surface area contributed by atoms with E-state index in [0.29, 0.717) is 0 Å². The number of benzene rings is 8. The Bertz CT molecular complexity index is 2450. The Morgan fingerprint density at radius 2 is 0.836 bits per heavy atom. The lowest BCUT2D eigenvalue weighted by molar-refractivity contribution is 0.200. The zero-order valence-electron chi connectivity index (χ0n) is 30.6. The van der Waals surface area contributed by atoms with Crippen LogP contribution in [0.1, 0.15) is 44.5 Å². The molecule has 0 aromatic heterocycles. The first-order valence-corrected chi connectivity index (χ1v) is 19.1. The van der Waals surface area contributed by atoms with E-state index in [4.69, 9.17) is 9.47 Å². The maximum Gasteiger partial charge on any atom is 0.123 e. The highest BCUT2D eigenvalue weighted by Gasteiger charge is 2.46. The van der Waals surface area contributed by atoms with Gasteiger partial charge >= 0.3 is 0 Å². The Kier molecular flexibility index (Phi) is 9.37. The Morgan fingerprint density at radius 3 is 1.27 bits per heavy atom. The van der Waals surface area contributed by atoms with Crippen molar-refractivity contribution in [3.63, 3.8) is 0 Å². The van der Waals surface area contributed by atoms with E-state index < -0.39 is 5.41 Å². The second-order valence-corrected chi connectivity index (χ2v) is 14.3. The number of rotatable bonds is 12. The maximum atomic E-state index is 9.63. The standard InChI is InChI=1S/C51H42O4/c52-27-29-54-49-25-19-37-33-39(21-23-41(37)45(49)31-35-11-3-1-4-12-35)51(47-17-9-7-15-43(47)44-16-8-10-18-48(44)51)40-22-24-42-38(34-40)20-26-50(55-30-28-53)46(42)32-36-13-5-2-6-14-36/h1-26,33-34,52-53H,27-32H2. The molecule has 0 heterocycles. The molecule has 0 amide bonds. The summed E-state index contributed by atoms with van der Waals surface area (Å²) >= 11 is 0. The average molecular weight is 719 g/mol. The van der Waals surface area contributed by atoms with Crippen LogP contribution >= 0.6 is 0 Å². The number of fused-ring (bicyclic) bond motifs is 5. The molecule has 0 saturated heterocycles. The molecular weight excluding hydrogens is 677 g/mol. The van der Waals surface area contributed by atoms with Gasteiger partial charge in [-0.05, 0) is 90.3 Å². The summed E-state index contributed by atoms with van der Waals surface area (Å²) in [7, 11) is 0. The largest absolute Gasteiger partial charge is 0.491 e. The molecule has 9 rings (SSSR count). The highest BCUT2D eigenvalue weighted by Crippen LogP contribution is 2.57. The van der Waals surface area contributed by atoms with Crippen molar-refractivity contribution in [1.29, 1.82) is 0 Å². The van der Waals surface area contributed by atoms with E-state index in [0.717, 1.165) is 57.0 Å². The normalized spacial score (nSPS) is 12.8. The molecule has 8 aromatic rings. The number of aliphatic hydroxyl groups excluding tert-OH is 2. The van der Waals surface area contributed by atoms with Gasteiger partial charge in [0, 0.05) is 24.0 Å². The topological polar surface area (TPSA) is 58.9 Å². The lowest BCUT2D eigenvalue weighted by Crippen LogP contribution is -2.28. The molecule has 4 heteroatoms. The van der Waals surface area contributed by atoms with Crippen molar-refractivity contribution in [2.75, 3.05) is 26.4 Å². The third kappa shape index (κ3) is 6.14. The predicted molar refractivity (Wildman–Crippen MR) is 222 cm³/mol. The Labute approximate surface area is 321 Å². The molecule has 1 aliphatic carbocycles. The van der Waals surface area contributed by atoms with Crippen molar-refractivity contribution in [3.05, 3.63) is 214 Å². The van der Waals surface area contributed by atoms with Gasteiger partial charge in [0.05, 0.1) is 18.6 Å². The van der Waals surface area contributed by atoms with Gasteiger partial charge in [-0.2, -0.15) is 0 Å². The summed E-state index contributed by atoms with van der Waals surface area (Å²) in [6.45, 7) is 0.400. The third-order valence-electron chi connectivity index (χ3n) is 11.1. The summed E-state index contributed by atoms with van der Waals surface area (Å²) in [5.74, 6) is 1.60. The molecule has 4 nitrogen and oxygen atoms in total. The summed E-state index contributed by atoms with van der Waals surface area (Å²) in [6, 6.07) is 61.0. The fraction of sp³-hybridized carbons (Fsp3) is 0.137. The van der Waals surface area contributed by atoms with Gasteiger partial charge in [-0.25, -0.2) is 0 Å². The van der Waals surface area contributed by atoms with Crippen molar-refractivity contribution in [2.24, 2.45) is 0 Å². The van der Waals surface area contributed by atoms with Crippen LogP contribution in [0.15, 0.2) is 170 Å². The van der Waals surface area contributed by atoms with E-state index in [1.54, 1.807) is 0 Å². The quantitative estimate of drug-likeness (QED) is 0.132. The van der Waals surface area contributed by atoms with Crippen LogP contribution in [0, 0.1) is 0 Å². The van der Waals surface area contributed by atoms with Crippen LogP contribution in [0.25, 0.3) is 32.7 Å². The van der Waals surface area contributed by atoms with Crippen LogP contribution in [0.4, 0.5) is 0 Å². The van der Waals surface area contributed by atoms with Gasteiger partial charge in [-0.1, -0.05) is 146 Å². The maximum absolute atomic E-state index is 9.63. The second-order valence-electron chi connectivity index (χ2n) is 14.3. The summed E-state index contributed by atoms with van der Waals surface area (Å²) in [5, 5.41) is 23.8. The molecule has 270 valence electrons. The van der Waals surface area contributed by atoms with Crippen LogP contribution < -0.4 is 9.47 Å². The smallest absolute Gasteiger partial charge is 0.123 e. The number of aliphatic hydroxyl groups is 2. The van der Waals surface area contributed by atoms with Crippen LogP contribution in [-0.4, -0.2) is 36.6 Å². The first-order valence-electron chi connectivity index (χ1n) is 19.1. The molecule has 0 atom stereocenters. The Morgan fingerprint density at radius 1 is 0.418 bits per heavy atom. The van der Waals surface area contributed by atoms with Gasteiger partial charge in [0.15, 0.2) is 0 Å². The fourth-order valence-electron chi connectivity index (χ4n) is 8.79. The predicted octanol–water partition coefficient (Wildman–Crippen LogP) is 10.3. The molecule has 0 unspecified atom stereocenters. The van der Waals surface area contributed by atoms with Crippen molar-refractivity contribution in [1.82, 2.24) is 0 Å². The molecular formula is C51H42O4. The summed E-state index contributed by atoms with van der Waals surface area (Å²) in [6.07, 6.45) is 1.43. The van der Waals surface area contributed by atoms with Crippen molar-refractivity contribution in [3.8, 4) is 22.6 Å². The van der Waals surface area contributed by atoms with Gasteiger partial charge in [0.1, 0.15) is 24.7 Å². The molecule has 0 spiro atoms. The molecule has 8 aromatic carbocycles. The average Bonchev–Trinajstić information content (AvgIpc) is 3.54. The van der Waals surface area contributed by atoms with Crippen molar-refractivity contribution < 1.29 is 19.7 Å². The van der Waals surface area contributed by atoms with E-state index in [2.05, 4.69) is 158 Å². The lowest BCUT2D eigenvalue weighted by Gasteiger charge is -2.34. The number of hydrogen-bond acceptors (Lipinski definition) is 4. The molecule has 1 aliphatic rings. The van der Waals surface area contributed by atoms with Crippen LogP contribution in [0.3, 0.4) is 0 Å². The summed E-state index contributed by atoms with van der Waals surface area (Å²) < 4.78 is 12.3. The zero-order valence-corrected chi connectivity index (χ0v) is 30.6. The van der Waals surface area contributed by atoms with Crippen LogP contribution in [0.2, 0.25) is 0 Å². The SMILES string of the molecule is OCCOc1ccc2cc(C3(c4ccc5c(Cc6ccccc6)c(OCCO)ccc5c4)c4ccccc4-c4ccccc43)ccc2c1Cc1ccccc1. The number of hydrogen-bond donors (Lipinski definition) is 2. The van der Waals surface area contributed by atoms with Gasteiger partial charge in [-0.15, -0.1) is 0 Å². The van der Waals surface area contributed by atoms with E-state index in [1.807, 2.05) is 12.1 Å². The molecule has 0 aliphatic heterocycles. The van der Waals surface area contributed by atoms with E-state index in [1.165, 1.54) is 44.5 Å². The molecule has 0 bridgehead atoms. The van der Waals surface area contributed by atoms with Gasteiger partial charge < -0.3 is 19.7 Å². The van der Waals surface area contributed by atoms with Crippen LogP contribution in [0.5, 0.6) is 11.5 Å². The van der Waals surface area contributed by atoms with Gasteiger partial charge in [0.25, 0.3) is 0 Å². The summed E-state index contributed by atoms with van der Waals surface area (Å²) in [5.41, 5.74) is 11.4. The second kappa shape index (κ2) is 14.9. The molecule has 55 heavy (non-hydrogen) atoms. The monoisotopic (exact) mass is 718 g/mol. The van der Waals surface area contributed by atoms with Gasteiger partial charge in [0.2, 0.25) is 0 Å². The van der Waals surface area contributed by atoms with E-state index in [-0.39, 0.29) is 26.4 Å². The highest BCUT2D eigenvalue weighted by atomic mass is 16.5. The first kappa shape index (κ1) is 34.6. The minimum Gasteiger partial charge on any atom is -0.491 e. The first-order chi connectivity index (χ1) is 27.2. The Hall–Kier alpha value is -6.20. The zero-order chi connectivity index (χ0) is 37.2. The molecule has 0 fully saturated rings. The molecule has 0 radical (unpaired) electrons. The van der Waals surface area contributed by atoms with Gasteiger partial charge in [-0.3, -0.25) is 0 Å². The lowest BCUT2D eigenvalue weighted by atomic mass is 9.67. The van der Waals surface area contributed by atoms with E-state index in [9.17, 15) is 10.2 Å². The molecule has 2 N–H and O–H groups in total. The Balaban J connectivity index is 1.27. The van der Waals surface area contributed by atoms with E-state index >= 15 is 0 Å². The summed E-state index contributed by atoms with van der Waals surface area (Å²) in [4.78, 5) is 0. The third-order valence-corrected chi connectivity index (χ3v) is 11.1. The number of ether oxygens (including phenoxy) is 2. The van der Waals surface area contributed by atoms with Crippen molar-refractivity contribution in [2.45, 2.75) is 18.3 Å². The van der Waals surface area contributed by atoms with Crippen molar-refractivity contribution >= 4 is 21.5 Å². The highest BCUT2D eigenvalue weighted by molar-refractivity contribution is 5.94. The minimum atomic E-state index is -0.590. The van der Waals surface area contributed by atoms with Crippen LogP contribution in [-0.2, 0) is 18.3 Å². The molecule has 0 saturated carbocycles. The minimum absolute atomic E-state index is 0.0421. The fourth-order valence-corrected chi connectivity index (χ4v) is 8.79.